The molecule has 5 nitrogen and oxygen atoms in total. The fourth-order valence-electron chi connectivity index (χ4n) is 2.03. The highest BCUT2D eigenvalue weighted by atomic mass is 16.6. The second kappa shape index (κ2) is 6.17. The van der Waals surface area contributed by atoms with Gasteiger partial charge in [-0.25, -0.2) is 0 Å². The summed E-state index contributed by atoms with van der Waals surface area (Å²) in [5.41, 5.74) is -0.671. The second-order valence-electron chi connectivity index (χ2n) is 5.62. The Morgan fingerprint density at radius 3 is 2.42 bits per heavy atom. The smallest absolute Gasteiger partial charge is 0.304 e. The van der Waals surface area contributed by atoms with Crippen molar-refractivity contribution in [3.63, 3.8) is 0 Å². The lowest BCUT2D eigenvalue weighted by Gasteiger charge is -2.35. The van der Waals surface area contributed by atoms with E-state index in [4.69, 9.17) is 4.74 Å². The quantitative estimate of drug-likeness (QED) is 0.577. The largest absolute Gasteiger partial charge is 0.442 e. The van der Waals surface area contributed by atoms with E-state index in [1.165, 1.54) is 11.8 Å². The van der Waals surface area contributed by atoms with Gasteiger partial charge in [-0.3, -0.25) is 14.4 Å². The van der Waals surface area contributed by atoms with E-state index >= 15 is 0 Å². The number of hydrogen-bond acceptors (Lipinski definition) is 4. The number of esters is 1. The number of piperidine rings is 1. The molecule has 1 unspecified atom stereocenters. The molecule has 1 atom stereocenters. The number of nitrogens with zero attached hydrogens (tertiary/aromatic N) is 1. The normalized spacial score (nSPS) is 20.0. The van der Waals surface area contributed by atoms with Gasteiger partial charge in [0.2, 0.25) is 5.78 Å². The molecule has 0 aromatic heterocycles. The molecule has 0 aromatic carbocycles. The lowest BCUT2D eigenvalue weighted by molar-refractivity contribution is -0.170. The van der Waals surface area contributed by atoms with Crippen LogP contribution < -0.4 is 0 Å². The van der Waals surface area contributed by atoms with Crippen LogP contribution in [-0.2, 0) is 19.1 Å². The summed E-state index contributed by atoms with van der Waals surface area (Å²) < 4.78 is 5.14. The van der Waals surface area contributed by atoms with Crippen LogP contribution >= 0.6 is 0 Å². The molecule has 5 heteroatoms. The summed E-state index contributed by atoms with van der Waals surface area (Å²) in [6, 6.07) is 0. The van der Waals surface area contributed by atoms with Gasteiger partial charge in [-0.05, 0) is 19.3 Å². The highest BCUT2D eigenvalue weighted by Crippen LogP contribution is 2.25. The van der Waals surface area contributed by atoms with Crippen LogP contribution in [0.3, 0.4) is 0 Å². The van der Waals surface area contributed by atoms with E-state index in [-0.39, 0.29) is 0 Å². The van der Waals surface area contributed by atoms with E-state index in [1.807, 2.05) is 6.92 Å². The van der Waals surface area contributed by atoms with Crippen LogP contribution in [0, 0.1) is 5.41 Å². The minimum absolute atomic E-state index is 0.408. The zero-order valence-electron chi connectivity index (χ0n) is 12.2. The molecular formula is C14H23NO4. The molecule has 1 amide bonds. The topological polar surface area (TPSA) is 63.7 Å². The van der Waals surface area contributed by atoms with Crippen molar-refractivity contribution < 1.29 is 19.1 Å². The number of ketones is 1. The highest BCUT2D eigenvalue weighted by molar-refractivity contribution is 6.38. The molecule has 1 rings (SSSR count). The summed E-state index contributed by atoms with van der Waals surface area (Å²) in [5.74, 6) is -1.36. The molecule has 0 N–H and O–H groups in total. The van der Waals surface area contributed by atoms with Gasteiger partial charge in [0.15, 0.2) is 6.23 Å². The molecule has 1 aliphatic heterocycles. The van der Waals surface area contributed by atoms with Gasteiger partial charge in [0.25, 0.3) is 5.91 Å². The summed E-state index contributed by atoms with van der Waals surface area (Å²) >= 11 is 0. The minimum atomic E-state index is -0.671. The van der Waals surface area contributed by atoms with Crippen molar-refractivity contribution in [3.8, 4) is 0 Å². The van der Waals surface area contributed by atoms with Crippen LogP contribution in [0.15, 0.2) is 0 Å². The summed E-state index contributed by atoms with van der Waals surface area (Å²) in [5, 5.41) is 0. The summed E-state index contributed by atoms with van der Waals surface area (Å²) in [4.78, 5) is 36.9. The Bertz CT molecular complexity index is 376. The van der Waals surface area contributed by atoms with Crippen LogP contribution in [0.1, 0.15) is 53.4 Å². The number of likely N-dealkylation sites (tertiary alicyclic amines) is 1. The standard InChI is InChI=1S/C14H23NO4/c1-5-14(3,4)12(17)13(18)15-9-7-6-8-11(15)19-10(2)16/h11H,5-9H2,1-4H3. The van der Waals surface area contributed by atoms with Crippen molar-refractivity contribution in [2.24, 2.45) is 5.41 Å². The van der Waals surface area contributed by atoms with E-state index < -0.39 is 29.3 Å². The van der Waals surface area contributed by atoms with E-state index in [0.29, 0.717) is 19.4 Å². The molecule has 0 saturated carbocycles. The molecule has 0 radical (unpaired) electrons. The molecule has 1 aliphatic rings. The Kier molecular flexibility index (Phi) is 5.09. The van der Waals surface area contributed by atoms with Gasteiger partial charge in [0.05, 0.1) is 0 Å². The number of rotatable bonds is 4. The first-order valence-electron chi connectivity index (χ1n) is 6.82. The molecule has 0 aromatic rings. The molecule has 1 heterocycles. The molecular weight excluding hydrogens is 246 g/mol. The van der Waals surface area contributed by atoms with Crippen LogP contribution in [-0.4, -0.2) is 35.3 Å². The first-order valence-corrected chi connectivity index (χ1v) is 6.82. The first-order chi connectivity index (χ1) is 8.79. The Balaban J connectivity index is 2.83. The third-order valence-electron chi connectivity index (χ3n) is 3.70. The number of hydrogen-bond donors (Lipinski definition) is 0. The maximum absolute atomic E-state index is 12.3. The number of ether oxygens (including phenoxy) is 1. The summed E-state index contributed by atoms with van der Waals surface area (Å²) in [6.45, 7) is 7.19. The molecule has 1 saturated heterocycles. The SMILES string of the molecule is CCC(C)(C)C(=O)C(=O)N1CCCCC1OC(C)=O. The molecule has 108 valence electrons. The average molecular weight is 269 g/mol. The predicted octanol–water partition coefficient (Wildman–Crippen LogP) is 1.89. The molecule has 0 bridgehead atoms. The average Bonchev–Trinajstić information content (AvgIpc) is 2.37. The zero-order chi connectivity index (χ0) is 14.6. The van der Waals surface area contributed by atoms with Gasteiger partial charge in [0, 0.05) is 25.3 Å². The Morgan fingerprint density at radius 1 is 1.26 bits per heavy atom. The van der Waals surface area contributed by atoms with Crippen LogP contribution in [0.4, 0.5) is 0 Å². The fraction of sp³-hybridized carbons (Fsp3) is 0.786. The zero-order valence-corrected chi connectivity index (χ0v) is 12.2. The highest BCUT2D eigenvalue weighted by Gasteiger charge is 2.38. The molecule has 1 fully saturated rings. The molecule has 0 aliphatic carbocycles. The number of amides is 1. The number of Topliss-reactive ketones (excluding diaryl/α,β-unsaturated/α-hetero) is 1. The number of carbonyl (C=O) groups is 3. The van der Waals surface area contributed by atoms with Crippen molar-refractivity contribution >= 4 is 17.7 Å². The Labute approximate surface area is 114 Å². The Hall–Kier alpha value is -1.39. The lowest BCUT2D eigenvalue weighted by Crippen LogP contribution is -2.51. The van der Waals surface area contributed by atoms with E-state index in [9.17, 15) is 14.4 Å². The second-order valence-corrected chi connectivity index (χ2v) is 5.62. The number of carbonyl (C=O) groups excluding carboxylic acids is 3. The third-order valence-corrected chi connectivity index (χ3v) is 3.70. The maximum Gasteiger partial charge on any atom is 0.304 e. The van der Waals surface area contributed by atoms with Gasteiger partial charge in [-0.2, -0.15) is 0 Å². The predicted molar refractivity (Wildman–Crippen MR) is 70.2 cm³/mol. The maximum atomic E-state index is 12.3. The van der Waals surface area contributed by atoms with Crippen molar-refractivity contribution in [2.75, 3.05) is 6.54 Å². The van der Waals surface area contributed by atoms with Crippen molar-refractivity contribution in [3.05, 3.63) is 0 Å². The summed E-state index contributed by atoms with van der Waals surface area (Å²) in [7, 11) is 0. The van der Waals surface area contributed by atoms with Gasteiger partial charge in [-0.1, -0.05) is 20.8 Å². The minimum Gasteiger partial charge on any atom is -0.442 e. The lowest BCUT2D eigenvalue weighted by atomic mass is 9.84. The molecule has 19 heavy (non-hydrogen) atoms. The first kappa shape index (κ1) is 15.7. The van der Waals surface area contributed by atoms with E-state index in [0.717, 1.165) is 12.8 Å². The van der Waals surface area contributed by atoms with Crippen molar-refractivity contribution in [1.29, 1.82) is 0 Å². The van der Waals surface area contributed by atoms with Crippen LogP contribution in [0.5, 0.6) is 0 Å². The van der Waals surface area contributed by atoms with Gasteiger partial charge in [0.1, 0.15) is 0 Å². The van der Waals surface area contributed by atoms with Gasteiger partial charge < -0.3 is 9.64 Å². The fourth-order valence-corrected chi connectivity index (χ4v) is 2.03. The summed E-state index contributed by atoms with van der Waals surface area (Å²) in [6.07, 6.45) is 2.35. The molecule has 0 spiro atoms. The monoisotopic (exact) mass is 269 g/mol. The van der Waals surface area contributed by atoms with Crippen molar-refractivity contribution in [2.45, 2.75) is 59.6 Å². The van der Waals surface area contributed by atoms with Crippen molar-refractivity contribution in [1.82, 2.24) is 4.90 Å². The van der Waals surface area contributed by atoms with Crippen LogP contribution in [0.2, 0.25) is 0 Å². The van der Waals surface area contributed by atoms with Gasteiger partial charge in [-0.15, -0.1) is 0 Å². The third kappa shape index (κ3) is 3.78. The Morgan fingerprint density at radius 2 is 1.89 bits per heavy atom. The van der Waals surface area contributed by atoms with Gasteiger partial charge >= 0.3 is 5.97 Å². The van der Waals surface area contributed by atoms with Crippen LogP contribution in [0.25, 0.3) is 0 Å². The van der Waals surface area contributed by atoms with E-state index in [1.54, 1.807) is 13.8 Å². The van der Waals surface area contributed by atoms with E-state index in [2.05, 4.69) is 0 Å².